The number of rotatable bonds is 2. The Hall–Kier alpha value is -1.55. The van der Waals surface area contributed by atoms with Gasteiger partial charge in [-0.1, -0.05) is 53.5 Å². The zero-order valence-electron chi connectivity index (χ0n) is 10.7. The summed E-state index contributed by atoms with van der Waals surface area (Å²) < 4.78 is 4.35. The zero-order valence-corrected chi connectivity index (χ0v) is 13.0. The fourth-order valence-electron chi connectivity index (χ4n) is 1.93. The van der Waals surface area contributed by atoms with Crippen LogP contribution in [0.4, 0.5) is 0 Å². The Morgan fingerprint density at radius 3 is 2.29 bits per heavy atom. The van der Waals surface area contributed by atoms with Crippen molar-refractivity contribution in [1.82, 2.24) is 0 Å². The van der Waals surface area contributed by atoms with E-state index in [2.05, 4.69) is 22.6 Å². The Morgan fingerprint density at radius 1 is 0.905 bits per heavy atom. The smallest absolute Gasteiger partial charge is 0.215 e. The summed E-state index contributed by atoms with van der Waals surface area (Å²) in [5, 5.41) is 2.51. The number of halogens is 2. The molecule has 0 fully saturated rings. The third kappa shape index (κ3) is 3.21. The topological polar surface area (TPSA) is 29.4 Å². The molecule has 0 atom stereocenters. The van der Waals surface area contributed by atoms with Crippen LogP contribution in [0.1, 0.15) is 0 Å². The van der Waals surface area contributed by atoms with E-state index in [-0.39, 0.29) is 15.8 Å². The second-order valence-electron chi connectivity index (χ2n) is 4.43. The maximum absolute atomic E-state index is 11.4. The monoisotopic (exact) mass is 333 g/mol. The molecule has 21 heavy (non-hydrogen) atoms. The maximum atomic E-state index is 11.4. The molecule has 0 saturated carbocycles. The molecule has 0 aromatic heterocycles. The van der Waals surface area contributed by atoms with Crippen molar-refractivity contribution >= 4 is 57.4 Å². The molecule has 1 aliphatic carbocycles. The second-order valence-corrected chi connectivity index (χ2v) is 6.08. The van der Waals surface area contributed by atoms with Gasteiger partial charge in [0.2, 0.25) is 5.78 Å². The number of hydrogen-bond donors (Lipinski definition) is 0. The standard InChI is InChI=1S/C16H9Cl2NOS/c17-14-8-12(9-15(18)16(14)20)19-21-13-6-5-10-3-1-2-4-11(10)7-13/h1-9H. The molecular weight excluding hydrogens is 325 g/mol. The number of allylic oxidation sites excluding steroid dienone is 4. The molecule has 2 nitrogen and oxygen atoms in total. The van der Waals surface area contributed by atoms with Gasteiger partial charge in [0.15, 0.2) is 0 Å². The summed E-state index contributed by atoms with van der Waals surface area (Å²) in [6.45, 7) is 0. The van der Waals surface area contributed by atoms with E-state index in [0.29, 0.717) is 5.71 Å². The van der Waals surface area contributed by atoms with Crippen molar-refractivity contribution in [2.24, 2.45) is 4.40 Å². The van der Waals surface area contributed by atoms with Crippen LogP contribution in [-0.2, 0) is 4.79 Å². The van der Waals surface area contributed by atoms with Crippen LogP contribution in [0.15, 0.2) is 74.0 Å². The number of ketones is 1. The number of Topliss-reactive ketones (excluding diaryl/α,β-unsaturated/α-hetero) is 1. The fraction of sp³-hybridized carbons (Fsp3) is 0. The Kier molecular flexibility index (Phi) is 4.15. The molecule has 3 rings (SSSR count). The summed E-state index contributed by atoms with van der Waals surface area (Å²) in [5.74, 6) is -0.368. The van der Waals surface area contributed by atoms with E-state index in [1.54, 1.807) is 0 Å². The first-order valence-corrected chi connectivity index (χ1v) is 7.69. The van der Waals surface area contributed by atoms with Gasteiger partial charge in [-0.2, -0.15) is 0 Å². The van der Waals surface area contributed by atoms with Gasteiger partial charge in [0, 0.05) is 16.8 Å². The van der Waals surface area contributed by atoms with Gasteiger partial charge < -0.3 is 0 Å². The molecule has 0 unspecified atom stereocenters. The molecule has 2 aromatic rings. The Labute approximate surface area is 136 Å². The molecule has 0 saturated heterocycles. The summed E-state index contributed by atoms with van der Waals surface area (Å²) in [6, 6.07) is 14.2. The first kappa shape index (κ1) is 14.4. The lowest BCUT2D eigenvalue weighted by atomic mass is 10.1. The normalized spacial score (nSPS) is 15.0. The van der Waals surface area contributed by atoms with E-state index in [1.807, 2.05) is 24.3 Å². The van der Waals surface area contributed by atoms with Crippen LogP contribution in [0, 0.1) is 0 Å². The highest BCUT2D eigenvalue weighted by atomic mass is 35.5. The SMILES string of the molecule is O=C1C(Cl)=CC(=NSc2ccc3ccccc3c2)C=C1Cl. The summed E-state index contributed by atoms with van der Waals surface area (Å²) in [5.41, 5.74) is 0.572. The molecule has 2 aromatic carbocycles. The molecule has 0 aliphatic heterocycles. The minimum atomic E-state index is -0.368. The van der Waals surface area contributed by atoms with Crippen LogP contribution in [0.25, 0.3) is 10.8 Å². The summed E-state index contributed by atoms with van der Waals surface area (Å²) in [4.78, 5) is 12.4. The Balaban J connectivity index is 1.86. The van der Waals surface area contributed by atoms with Gasteiger partial charge >= 0.3 is 0 Å². The number of benzene rings is 2. The second kappa shape index (κ2) is 6.06. The molecule has 0 bridgehead atoms. The quantitative estimate of drug-likeness (QED) is 0.564. The van der Waals surface area contributed by atoms with Crippen LogP contribution in [-0.4, -0.2) is 11.5 Å². The number of carbonyl (C=O) groups excluding carboxylic acids is 1. The molecule has 0 radical (unpaired) electrons. The van der Waals surface area contributed by atoms with E-state index < -0.39 is 0 Å². The van der Waals surface area contributed by atoms with Crippen molar-refractivity contribution in [2.75, 3.05) is 0 Å². The van der Waals surface area contributed by atoms with Crippen LogP contribution in [0.5, 0.6) is 0 Å². The van der Waals surface area contributed by atoms with Crippen molar-refractivity contribution < 1.29 is 4.79 Å². The van der Waals surface area contributed by atoms with E-state index in [4.69, 9.17) is 23.2 Å². The van der Waals surface area contributed by atoms with Crippen LogP contribution < -0.4 is 0 Å². The van der Waals surface area contributed by atoms with E-state index in [9.17, 15) is 4.79 Å². The van der Waals surface area contributed by atoms with Crippen molar-refractivity contribution in [2.45, 2.75) is 4.90 Å². The van der Waals surface area contributed by atoms with Crippen molar-refractivity contribution in [1.29, 1.82) is 0 Å². The van der Waals surface area contributed by atoms with Crippen LogP contribution in [0.2, 0.25) is 0 Å². The largest absolute Gasteiger partial charge is 0.287 e. The molecule has 0 amide bonds. The number of nitrogens with zero attached hydrogens (tertiary/aromatic N) is 1. The first-order valence-electron chi connectivity index (χ1n) is 6.16. The lowest BCUT2D eigenvalue weighted by Crippen LogP contribution is -2.07. The highest BCUT2D eigenvalue weighted by Gasteiger charge is 2.17. The molecular formula is C16H9Cl2NOS. The van der Waals surface area contributed by atoms with Crippen molar-refractivity contribution in [3.8, 4) is 0 Å². The highest BCUT2D eigenvalue weighted by Crippen LogP contribution is 2.26. The van der Waals surface area contributed by atoms with E-state index in [1.165, 1.54) is 29.5 Å². The van der Waals surface area contributed by atoms with Crippen molar-refractivity contribution in [3.63, 3.8) is 0 Å². The lowest BCUT2D eigenvalue weighted by molar-refractivity contribution is -0.111. The van der Waals surface area contributed by atoms with E-state index >= 15 is 0 Å². The predicted octanol–water partition coefficient (Wildman–Crippen LogP) is 5.12. The fourth-order valence-corrected chi connectivity index (χ4v) is 3.03. The molecule has 1 aliphatic rings. The van der Waals surface area contributed by atoms with Gasteiger partial charge in [0.25, 0.3) is 0 Å². The van der Waals surface area contributed by atoms with Gasteiger partial charge in [-0.25, -0.2) is 4.40 Å². The van der Waals surface area contributed by atoms with E-state index in [0.717, 1.165) is 10.3 Å². The van der Waals surface area contributed by atoms with Gasteiger partial charge in [-0.3, -0.25) is 4.79 Å². The molecule has 0 N–H and O–H groups in total. The summed E-state index contributed by atoms with van der Waals surface area (Å²) in [6.07, 6.45) is 3.04. The maximum Gasteiger partial charge on any atom is 0.215 e. The Morgan fingerprint density at radius 2 is 1.57 bits per heavy atom. The molecule has 0 heterocycles. The summed E-state index contributed by atoms with van der Waals surface area (Å²) >= 11 is 12.9. The van der Waals surface area contributed by atoms with Crippen molar-refractivity contribution in [3.05, 3.63) is 64.7 Å². The average molecular weight is 334 g/mol. The highest BCUT2D eigenvalue weighted by molar-refractivity contribution is 7.98. The average Bonchev–Trinajstić information content (AvgIpc) is 2.50. The predicted molar refractivity (Wildman–Crippen MR) is 90.1 cm³/mol. The molecule has 5 heteroatoms. The summed E-state index contributed by atoms with van der Waals surface area (Å²) in [7, 11) is 0. The zero-order chi connectivity index (χ0) is 14.8. The van der Waals surface area contributed by atoms with Gasteiger partial charge in [0.05, 0.1) is 15.8 Å². The number of fused-ring (bicyclic) bond motifs is 1. The Bertz CT molecular complexity index is 800. The number of hydrogen-bond acceptors (Lipinski definition) is 3. The van der Waals surface area contributed by atoms with Gasteiger partial charge in [0.1, 0.15) is 0 Å². The van der Waals surface area contributed by atoms with Gasteiger partial charge in [-0.15, -0.1) is 0 Å². The molecule has 104 valence electrons. The van der Waals surface area contributed by atoms with Gasteiger partial charge in [-0.05, 0) is 35.1 Å². The molecule has 0 spiro atoms. The number of carbonyl (C=O) groups is 1. The third-order valence-corrected chi connectivity index (χ3v) is 4.29. The third-order valence-electron chi connectivity index (χ3n) is 2.96. The van der Waals surface area contributed by atoms with Crippen LogP contribution >= 0.6 is 35.1 Å². The minimum Gasteiger partial charge on any atom is -0.287 e. The minimum absolute atomic E-state index is 0.0837. The van der Waals surface area contributed by atoms with Crippen LogP contribution in [0.3, 0.4) is 0 Å². The lowest BCUT2D eigenvalue weighted by Gasteiger charge is -2.05. The first-order chi connectivity index (χ1) is 10.1.